The summed E-state index contributed by atoms with van der Waals surface area (Å²) in [5.41, 5.74) is 0.448. The van der Waals surface area contributed by atoms with Crippen LogP contribution in [0.5, 0.6) is 0 Å². The number of carbonyl (C=O) groups is 1. The van der Waals surface area contributed by atoms with Crippen LogP contribution in [0.15, 0.2) is 6.20 Å². The van der Waals surface area contributed by atoms with Crippen molar-refractivity contribution < 1.29 is 4.79 Å². The van der Waals surface area contributed by atoms with E-state index in [4.69, 9.17) is 0 Å². The fraction of sp³-hybridized carbons (Fsp3) is 0.700. The summed E-state index contributed by atoms with van der Waals surface area (Å²) in [6.07, 6.45) is 8.76. The van der Waals surface area contributed by atoms with Crippen LogP contribution in [0.3, 0.4) is 0 Å². The zero-order chi connectivity index (χ0) is 10.5. The lowest BCUT2D eigenvalue weighted by atomic mass is 10.1. The topological polar surface area (TPSA) is 54.9 Å². The largest absolute Gasteiger partial charge is 0.348 e. The molecule has 4 nitrogen and oxygen atoms in total. The van der Waals surface area contributed by atoms with Gasteiger partial charge >= 0.3 is 0 Å². The molecular formula is C10H15N3OS. The lowest BCUT2D eigenvalue weighted by Crippen LogP contribution is -2.34. The van der Waals surface area contributed by atoms with Crippen molar-refractivity contribution in [3.8, 4) is 0 Å². The average molecular weight is 225 g/mol. The first-order valence-corrected chi connectivity index (χ1v) is 6.18. The highest BCUT2D eigenvalue weighted by molar-refractivity contribution is 6.99. The zero-order valence-electron chi connectivity index (χ0n) is 8.61. The molecule has 0 radical (unpaired) electrons. The summed E-state index contributed by atoms with van der Waals surface area (Å²) in [6, 6.07) is 0.335. The van der Waals surface area contributed by atoms with Crippen LogP contribution in [-0.4, -0.2) is 20.7 Å². The van der Waals surface area contributed by atoms with Crippen LogP contribution in [-0.2, 0) is 0 Å². The van der Waals surface area contributed by atoms with Gasteiger partial charge in [0.2, 0.25) is 0 Å². The Morgan fingerprint density at radius 2 is 2.07 bits per heavy atom. The fourth-order valence-electron chi connectivity index (χ4n) is 1.95. The molecule has 0 aliphatic heterocycles. The van der Waals surface area contributed by atoms with Crippen LogP contribution in [0.25, 0.3) is 0 Å². The van der Waals surface area contributed by atoms with Crippen LogP contribution in [0.2, 0.25) is 0 Å². The second-order valence-corrected chi connectivity index (χ2v) is 4.51. The van der Waals surface area contributed by atoms with Gasteiger partial charge in [0.25, 0.3) is 5.91 Å². The molecular weight excluding hydrogens is 210 g/mol. The molecule has 0 unspecified atom stereocenters. The van der Waals surface area contributed by atoms with Gasteiger partial charge in [0.1, 0.15) is 0 Å². The molecule has 1 heterocycles. The Labute approximate surface area is 93.4 Å². The number of aromatic nitrogens is 2. The Morgan fingerprint density at radius 3 is 2.67 bits per heavy atom. The predicted molar refractivity (Wildman–Crippen MR) is 58.9 cm³/mol. The molecule has 15 heavy (non-hydrogen) atoms. The molecule has 0 atom stereocenters. The van der Waals surface area contributed by atoms with Gasteiger partial charge in [0.15, 0.2) is 5.69 Å². The Morgan fingerprint density at radius 1 is 1.33 bits per heavy atom. The zero-order valence-corrected chi connectivity index (χ0v) is 9.42. The van der Waals surface area contributed by atoms with Gasteiger partial charge in [-0.2, -0.15) is 8.75 Å². The fourth-order valence-corrected chi connectivity index (χ4v) is 2.36. The summed E-state index contributed by atoms with van der Waals surface area (Å²) in [6.45, 7) is 0. The van der Waals surface area contributed by atoms with Crippen LogP contribution < -0.4 is 5.32 Å². The minimum Gasteiger partial charge on any atom is -0.348 e. The lowest BCUT2D eigenvalue weighted by molar-refractivity contribution is 0.0929. The Kier molecular flexibility index (Phi) is 3.66. The second-order valence-electron chi connectivity index (χ2n) is 3.95. The van der Waals surface area contributed by atoms with Crippen molar-refractivity contribution in [2.24, 2.45) is 0 Å². The molecule has 1 aliphatic rings. The van der Waals surface area contributed by atoms with E-state index in [1.54, 1.807) is 0 Å². The molecule has 82 valence electrons. The van der Waals surface area contributed by atoms with E-state index in [2.05, 4.69) is 14.1 Å². The van der Waals surface area contributed by atoms with Crippen molar-refractivity contribution in [3.63, 3.8) is 0 Å². The molecule has 2 rings (SSSR count). The molecule has 1 aromatic heterocycles. The maximum absolute atomic E-state index is 11.7. The number of rotatable bonds is 2. The van der Waals surface area contributed by atoms with E-state index < -0.39 is 0 Å². The van der Waals surface area contributed by atoms with E-state index >= 15 is 0 Å². The predicted octanol–water partition coefficient (Wildman–Crippen LogP) is 1.99. The molecule has 1 saturated carbocycles. The van der Waals surface area contributed by atoms with Gasteiger partial charge < -0.3 is 5.32 Å². The summed E-state index contributed by atoms with van der Waals surface area (Å²) < 4.78 is 7.75. The summed E-state index contributed by atoms with van der Waals surface area (Å²) in [7, 11) is 0. The van der Waals surface area contributed by atoms with E-state index in [0.29, 0.717) is 11.7 Å². The molecule has 0 bridgehead atoms. The van der Waals surface area contributed by atoms with Crippen molar-refractivity contribution in [2.45, 2.75) is 44.6 Å². The first-order chi connectivity index (χ1) is 7.36. The minimum absolute atomic E-state index is 0.0735. The molecule has 1 amide bonds. The number of carbonyl (C=O) groups excluding carboxylic acids is 1. The average Bonchev–Trinajstić information content (AvgIpc) is 2.65. The van der Waals surface area contributed by atoms with Gasteiger partial charge in [-0.15, -0.1) is 0 Å². The normalized spacial score (nSPS) is 18.4. The standard InChI is InChI=1S/C10H15N3OS/c14-10(9-7-11-15-13-9)12-8-5-3-1-2-4-6-8/h7-8H,1-6H2,(H,12,14). The minimum atomic E-state index is -0.0735. The number of nitrogens with one attached hydrogen (secondary N) is 1. The van der Waals surface area contributed by atoms with Crippen LogP contribution >= 0.6 is 11.7 Å². The molecule has 5 heteroatoms. The van der Waals surface area contributed by atoms with Gasteiger partial charge in [-0.25, -0.2) is 0 Å². The summed E-state index contributed by atoms with van der Waals surface area (Å²) in [5, 5.41) is 3.03. The first-order valence-electron chi connectivity index (χ1n) is 5.44. The number of nitrogens with zero attached hydrogens (tertiary/aromatic N) is 2. The summed E-state index contributed by atoms with van der Waals surface area (Å²) in [4.78, 5) is 11.7. The Hall–Kier alpha value is -0.970. The second kappa shape index (κ2) is 5.21. The van der Waals surface area contributed by atoms with E-state index in [1.165, 1.54) is 31.9 Å². The summed E-state index contributed by atoms with van der Waals surface area (Å²) in [5.74, 6) is -0.0735. The SMILES string of the molecule is O=C(NC1CCCCCC1)c1cnsn1. The number of amides is 1. The molecule has 1 N–H and O–H groups in total. The van der Waals surface area contributed by atoms with E-state index in [0.717, 1.165) is 24.6 Å². The lowest BCUT2D eigenvalue weighted by Gasteiger charge is -2.14. The molecule has 0 aromatic carbocycles. The number of hydrogen-bond donors (Lipinski definition) is 1. The monoisotopic (exact) mass is 225 g/mol. The van der Waals surface area contributed by atoms with Gasteiger partial charge in [0.05, 0.1) is 17.9 Å². The molecule has 1 aromatic rings. The highest BCUT2D eigenvalue weighted by Gasteiger charge is 2.16. The van der Waals surface area contributed by atoms with Gasteiger partial charge in [-0.3, -0.25) is 4.79 Å². The Bertz CT molecular complexity index is 304. The van der Waals surface area contributed by atoms with Crippen LogP contribution in [0.1, 0.15) is 49.0 Å². The van der Waals surface area contributed by atoms with Gasteiger partial charge in [-0.1, -0.05) is 25.7 Å². The molecule has 1 fully saturated rings. The van der Waals surface area contributed by atoms with E-state index in [9.17, 15) is 4.79 Å². The molecule has 0 saturated heterocycles. The molecule has 0 spiro atoms. The van der Waals surface area contributed by atoms with Gasteiger partial charge in [-0.05, 0) is 12.8 Å². The van der Waals surface area contributed by atoms with Gasteiger partial charge in [0, 0.05) is 6.04 Å². The van der Waals surface area contributed by atoms with Crippen molar-refractivity contribution in [1.82, 2.24) is 14.1 Å². The van der Waals surface area contributed by atoms with E-state index in [-0.39, 0.29) is 5.91 Å². The quantitative estimate of drug-likeness (QED) is 0.783. The van der Waals surface area contributed by atoms with Crippen LogP contribution in [0.4, 0.5) is 0 Å². The maximum atomic E-state index is 11.7. The third-order valence-electron chi connectivity index (χ3n) is 2.78. The van der Waals surface area contributed by atoms with Crippen molar-refractivity contribution >= 4 is 17.6 Å². The summed E-state index contributed by atoms with van der Waals surface area (Å²) >= 11 is 1.07. The van der Waals surface area contributed by atoms with Crippen molar-refractivity contribution in [2.75, 3.05) is 0 Å². The molecule has 1 aliphatic carbocycles. The Balaban J connectivity index is 1.87. The van der Waals surface area contributed by atoms with Crippen molar-refractivity contribution in [1.29, 1.82) is 0 Å². The highest BCUT2D eigenvalue weighted by atomic mass is 32.1. The van der Waals surface area contributed by atoms with Crippen molar-refractivity contribution in [3.05, 3.63) is 11.9 Å². The maximum Gasteiger partial charge on any atom is 0.272 e. The first kappa shape index (κ1) is 10.5. The van der Waals surface area contributed by atoms with E-state index in [1.807, 2.05) is 0 Å². The highest BCUT2D eigenvalue weighted by Crippen LogP contribution is 2.17. The van der Waals surface area contributed by atoms with Crippen LogP contribution in [0, 0.1) is 0 Å². The number of hydrogen-bond acceptors (Lipinski definition) is 4. The smallest absolute Gasteiger partial charge is 0.272 e. The third kappa shape index (κ3) is 2.99. The third-order valence-corrected chi connectivity index (χ3v) is 3.26.